The summed E-state index contributed by atoms with van der Waals surface area (Å²) in [6, 6.07) is 30.1. The van der Waals surface area contributed by atoms with Crippen LogP contribution in [-0.4, -0.2) is 44.1 Å². The van der Waals surface area contributed by atoms with Gasteiger partial charge in [-0.1, -0.05) is 59.6 Å². The van der Waals surface area contributed by atoms with E-state index in [1.54, 1.807) is 24.3 Å². The van der Waals surface area contributed by atoms with Crippen LogP contribution in [0.25, 0.3) is 0 Å². The Kier molecular flexibility index (Phi) is 13.3. The van der Waals surface area contributed by atoms with Crippen molar-refractivity contribution in [3.05, 3.63) is 129 Å². The van der Waals surface area contributed by atoms with Crippen LogP contribution in [0.2, 0.25) is 10.0 Å². The van der Waals surface area contributed by atoms with Crippen molar-refractivity contribution in [3.63, 3.8) is 0 Å². The number of nitrogens with zero attached hydrogens (tertiary/aromatic N) is 1. The number of carbonyl (C=O) groups excluding carboxylic acids is 2. The molecule has 236 valence electrons. The molecule has 0 spiro atoms. The van der Waals surface area contributed by atoms with Crippen molar-refractivity contribution < 1.29 is 28.5 Å². The summed E-state index contributed by atoms with van der Waals surface area (Å²) in [6.07, 6.45) is 1.58. The molecule has 0 saturated heterocycles. The summed E-state index contributed by atoms with van der Waals surface area (Å²) in [4.78, 5) is 25.9. The van der Waals surface area contributed by atoms with Crippen LogP contribution in [-0.2, 0) is 32.2 Å². The first-order valence-corrected chi connectivity index (χ1v) is 15.4. The maximum atomic E-state index is 11.9. The number of rotatable bonds is 16. The lowest BCUT2D eigenvalue weighted by atomic mass is 10.1. The smallest absolute Gasteiger partial charge is 0.337 e. The summed E-state index contributed by atoms with van der Waals surface area (Å²) in [5.41, 5.74) is 3.49. The van der Waals surface area contributed by atoms with Crippen LogP contribution < -0.4 is 4.74 Å². The summed E-state index contributed by atoms with van der Waals surface area (Å²) in [5, 5.41) is 1.29. The number of esters is 2. The van der Waals surface area contributed by atoms with E-state index >= 15 is 0 Å². The molecule has 0 aliphatic carbocycles. The second-order valence-electron chi connectivity index (χ2n) is 10.5. The van der Waals surface area contributed by atoms with Gasteiger partial charge >= 0.3 is 11.9 Å². The second-order valence-corrected chi connectivity index (χ2v) is 11.4. The predicted molar refractivity (Wildman–Crippen MR) is 176 cm³/mol. The zero-order chi connectivity index (χ0) is 32.0. The molecular weight excluding hydrogens is 613 g/mol. The van der Waals surface area contributed by atoms with E-state index in [1.165, 1.54) is 14.2 Å². The number of carbonyl (C=O) groups is 2. The molecule has 4 aromatic carbocycles. The fourth-order valence-electron chi connectivity index (χ4n) is 4.75. The minimum Gasteiger partial charge on any atom is -0.469 e. The van der Waals surface area contributed by atoms with Gasteiger partial charge in [0.2, 0.25) is 0 Å². The van der Waals surface area contributed by atoms with Crippen molar-refractivity contribution in [2.45, 2.75) is 38.5 Å². The van der Waals surface area contributed by atoms with E-state index in [4.69, 9.17) is 42.1 Å². The van der Waals surface area contributed by atoms with E-state index in [2.05, 4.69) is 4.90 Å². The topological polar surface area (TPSA) is 74.3 Å². The van der Waals surface area contributed by atoms with Crippen LogP contribution in [0.1, 0.15) is 52.4 Å². The first-order chi connectivity index (χ1) is 21.8. The van der Waals surface area contributed by atoms with Gasteiger partial charge in [0.25, 0.3) is 0 Å². The van der Waals surface area contributed by atoms with Gasteiger partial charge in [-0.15, -0.1) is 0 Å². The molecule has 1 atom stereocenters. The average molecular weight is 651 g/mol. The minimum absolute atomic E-state index is 0.218. The molecule has 4 aromatic rings. The van der Waals surface area contributed by atoms with Crippen molar-refractivity contribution in [2.75, 3.05) is 27.3 Å². The standard InChI is InChI=1S/C36H37Cl2NO6/c1-42-35(40)8-3-4-21-39(23-26-9-13-28(14-10-26)36(41)43-2)24-34(29-6-5-7-31(38)22-29)44-25-27-11-17-32(18-12-27)45-33-19-15-30(37)16-20-33/h5-7,9-20,22,34H,3-4,8,21,23-25H2,1-2H3/t34-/m0/s1. The van der Waals surface area contributed by atoms with E-state index in [1.807, 2.05) is 72.8 Å². The maximum absolute atomic E-state index is 11.9. The molecule has 4 rings (SSSR count). The fraction of sp³-hybridized carbons (Fsp3) is 0.278. The molecule has 0 aliphatic rings. The molecule has 0 heterocycles. The van der Waals surface area contributed by atoms with Crippen molar-refractivity contribution >= 4 is 35.1 Å². The Morgan fingerprint density at radius 2 is 1.42 bits per heavy atom. The van der Waals surface area contributed by atoms with Gasteiger partial charge in [-0.25, -0.2) is 4.79 Å². The minimum atomic E-state index is -0.375. The Morgan fingerprint density at radius 3 is 2.07 bits per heavy atom. The highest BCUT2D eigenvalue weighted by Gasteiger charge is 2.19. The molecule has 7 nitrogen and oxygen atoms in total. The predicted octanol–water partition coefficient (Wildman–Crippen LogP) is 8.68. The molecular formula is C36H37Cl2NO6. The largest absolute Gasteiger partial charge is 0.469 e. The van der Waals surface area contributed by atoms with Gasteiger partial charge in [-0.2, -0.15) is 0 Å². The molecule has 0 aliphatic heterocycles. The molecule has 9 heteroatoms. The number of benzene rings is 4. The highest BCUT2D eigenvalue weighted by Crippen LogP contribution is 2.27. The summed E-state index contributed by atoms with van der Waals surface area (Å²) in [6.45, 7) is 2.31. The van der Waals surface area contributed by atoms with Crippen molar-refractivity contribution in [1.29, 1.82) is 0 Å². The zero-order valence-electron chi connectivity index (χ0n) is 25.4. The van der Waals surface area contributed by atoms with Crippen LogP contribution in [0.5, 0.6) is 11.5 Å². The SMILES string of the molecule is COC(=O)CCCCN(Cc1ccc(C(=O)OC)cc1)C[C@H](OCc1ccc(Oc2ccc(Cl)cc2)cc1)c1cccc(Cl)c1. The average Bonchev–Trinajstić information content (AvgIpc) is 3.06. The lowest BCUT2D eigenvalue weighted by Gasteiger charge is -2.28. The maximum Gasteiger partial charge on any atom is 0.337 e. The van der Waals surface area contributed by atoms with Gasteiger partial charge in [-0.3, -0.25) is 9.69 Å². The van der Waals surface area contributed by atoms with Gasteiger partial charge in [0.1, 0.15) is 11.5 Å². The first-order valence-electron chi connectivity index (χ1n) is 14.7. The van der Waals surface area contributed by atoms with E-state index in [-0.39, 0.29) is 18.0 Å². The lowest BCUT2D eigenvalue weighted by Crippen LogP contribution is -2.30. The molecule has 0 N–H and O–H groups in total. The quantitative estimate of drug-likeness (QED) is 0.0888. The van der Waals surface area contributed by atoms with Gasteiger partial charge in [0, 0.05) is 29.6 Å². The van der Waals surface area contributed by atoms with Crippen LogP contribution >= 0.6 is 23.2 Å². The lowest BCUT2D eigenvalue weighted by molar-refractivity contribution is -0.140. The van der Waals surface area contributed by atoms with Crippen LogP contribution in [0.15, 0.2) is 97.1 Å². The molecule has 0 aromatic heterocycles. The monoisotopic (exact) mass is 649 g/mol. The van der Waals surface area contributed by atoms with Gasteiger partial charge in [0.05, 0.1) is 32.5 Å². The first kappa shape index (κ1) is 34.0. The van der Waals surface area contributed by atoms with E-state index in [0.717, 1.165) is 29.7 Å². The summed E-state index contributed by atoms with van der Waals surface area (Å²) < 4.78 is 22.1. The third-order valence-electron chi connectivity index (χ3n) is 7.18. The molecule has 0 saturated carbocycles. The Hall–Kier alpha value is -3.88. The van der Waals surface area contributed by atoms with Crippen LogP contribution in [0.3, 0.4) is 0 Å². The van der Waals surface area contributed by atoms with E-state index in [9.17, 15) is 9.59 Å². The van der Waals surface area contributed by atoms with Gasteiger partial charge in [-0.05, 0) is 96.7 Å². The summed E-state index contributed by atoms with van der Waals surface area (Å²) in [5.74, 6) is 0.824. The van der Waals surface area contributed by atoms with Crippen molar-refractivity contribution in [1.82, 2.24) is 4.90 Å². The summed E-state index contributed by atoms with van der Waals surface area (Å²) >= 11 is 12.4. The highest BCUT2D eigenvalue weighted by molar-refractivity contribution is 6.30. The third kappa shape index (κ3) is 11.2. The molecule has 0 amide bonds. The van der Waals surface area contributed by atoms with Gasteiger partial charge in [0.15, 0.2) is 0 Å². The van der Waals surface area contributed by atoms with Gasteiger partial charge < -0.3 is 18.9 Å². The number of methoxy groups -OCH3 is 2. The Morgan fingerprint density at radius 1 is 0.756 bits per heavy atom. The van der Waals surface area contributed by atoms with Crippen LogP contribution in [0.4, 0.5) is 0 Å². The highest BCUT2D eigenvalue weighted by atomic mass is 35.5. The summed E-state index contributed by atoms with van der Waals surface area (Å²) in [7, 11) is 2.77. The normalized spacial score (nSPS) is 11.7. The molecule has 0 unspecified atom stereocenters. The fourth-order valence-corrected chi connectivity index (χ4v) is 5.07. The Balaban J connectivity index is 1.47. The second kappa shape index (κ2) is 17.6. The zero-order valence-corrected chi connectivity index (χ0v) is 26.9. The molecule has 0 radical (unpaired) electrons. The number of ether oxygens (including phenoxy) is 4. The molecule has 0 bridgehead atoms. The van der Waals surface area contributed by atoms with E-state index in [0.29, 0.717) is 59.6 Å². The van der Waals surface area contributed by atoms with Crippen LogP contribution in [0, 0.1) is 0 Å². The number of halogens is 2. The number of unbranched alkanes of at least 4 members (excludes halogenated alkanes) is 1. The number of hydrogen-bond acceptors (Lipinski definition) is 7. The van der Waals surface area contributed by atoms with Crippen molar-refractivity contribution in [2.24, 2.45) is 0 Å². The molecule has 0 fully saturated rings. The Labute approximate surface area is 274 Å². The molecule has 45 heavy (non-hydrogen) atoms. The third-order valence-corrected chi connectivity index (χ3v) is 7.67. The Bertz CT molecular complexity index is 1510. The van der Waals surface area contributed by atoms with E-state index < -0.39 is 0 Å². The number of hydrogen-bond donors (Lipinski definition) is 0. The van der Waals surface area contributed by atoms with Crippen molar-refractivity contribution in [3.8, 4) is 11.5 Å².